The number of amides is 1. The Hall–Kier alpha value is -1.70. The maximum absolute atomic E-state index is 12.2. The van der Waals surface area contributed by atoms with Crippen LogP contribution in [0, 0.1) is 0 Å². The topological polar surface area (TPSA) is 91.0 Å². The number of nitrogens with one attached hydrogen (secondary N) is 1. The Labute approximate surface area is 180 Å². The number of carboxylic acids is 1. The second kappa shape index (κ2) is 10.6. The van der Waals surface area contributed by atoms with Crippen LogP contribution in [-0.4, -0.2) is 36.7 Å². The third-order valence-corrected chi connectivity index (χ3v) is 4.08. The Bertz CT molecular complexity index is 741. The van der Waals surface area contributed by atoms with Gasteiger partial charge in [0.1, 0.15) is 6.10 Å². The molecule has 1 aliphatic heterocycles. The Morgan fingerprint density at radius 3 is 2.15 bits per heavy atom. The molecular formula is C20H20NNaO5. The van der Waals surface area contributed by atoms with E-state index in [9.17, 15) is 14.7 Å². The normalized spacial score (nSPS) is 18.8. The molecule has 7 heteroatoms. The number of hydrogen-bond donors (Lipinski definition) is 1. The van der Waals surface area contributed by atoms with Crippen LogP contribution >= 0.6 is 0 Å². The third-order valence-electron chi connectivity index (χ3n) is 4.08. The molecule has 0 unspecified atom stereocenters. The Balaban J connectivity index is 0.00000261. The Kier molecular flexibility index (Phi) is 8.47. The average molecular weight is 377 g/mol. The van der Waals surface area contributed by atoms with Gasteiger partial charge in [0.05, 0.1) is 25.2 Å². The molecular weight excluding hydrogens is 357 g/mol. The van der Waals surface area contributed by atoms with Crippen LogP contribution in [0.15, 0.2) is 60.7 Å². The molecule has 1 N–H and O–H groups in total. The van der Waals surface area contributed by atoms with Gasteiger partial charge in [-0.2, -0.15) is 0 Å². The minimum absolute atomic E-state index is 0. The third kappa shape index (κ3) is 6.75. The number of carbonyl (C=O) groups is 2. The molecule has 6 nitrogen and oxygen atoms in total. The summed E-state index contributed by atoms with van der Waals surface area (Å²) in [6, 6.07) is 19.2. The zero-order chi connectivity index (χ0) is 18.4. The molecule has 1 saturated heterocycles. The Morgan fingerprint density at radius 2 is 1.59 bits per heavy atom. The molecule has 27 heavy (non-hydrogen) atoms. The molecule has 0 aliphatic carbocycles. The van der Waals surface area contributed by atoms with Crippen LogP contribution in [0.2, 0.25) is 0 Å². The summed E-state index contributed by atoms with van der Waals surface area (Å²) in [5.41, 5.74) is 2.09. The fourth-order valence-corrected chi connectivity index (χ4v) is 2.72. The number of carboxylic acid groups (broad SMARTS) is 1. The van der Waals surface area contributed by atoms with Crippen LogP contribution < -0.4 is 40.0 Å². The number of aliphatic carboxylic acids is 1. The molecule has 136 valence electrons. The summed E-state index contributed by atoms with van der Waals surface area (Å²) in [4.78, 5) is 22.9. The smallest absolute Gasteiger partial charge is 0.547 e. The van der Waals surface area contributed by atoms with Crippen molar-refractivity contribution in [2.24, 2.45) is 0 Å². The van der Waals surface area contributed by atoms with E-state index in [0.29, 0.717) is 19.6 Å². The number of ether oxygens (including phenoxy) is 2. The second-order valence-corrected chi connectivity index (χ2v) is 6.19. The summed E-state index contributed by atoms with van der Waals surface area (Å²) < 4.78 is 10.6. The molecule has 0 spiro atoms. The summed E-state index contributed by atoms with van der Waals surface area (Å²) in [6.07, 6.45) is -1.56. The quantitative estimate of drug-likeness (QED) is 0.384. The first-order chi connectivity index (χ1) is 12.6. The first kappa shape index (κ1) is 21.6. The minimum Gasteiger partial charge on any atom is -0.547 e. The van der Waals surface area contributed by atoms with Gasteiger partial charge in [-0.25, -0.2) is 0 Å². The van der Waals surface area contributed by atoms with E-state index in [4.69, 9.17) is 9.47 Å². The summed E-state index contributed by atoms with van der Waals surface area (Å²) in [6.45, 7) is 0.738. The van der Waals surface area contributed by atoms with Crippen molar-refractivity contribution in [2.45, 2.75) is 31.3 Å². The van der Waals surface area contributed by atoms with E-state index >= 15 is 0 Å². The van der Waals surface area contributed by atoms with Crippen LogP contribution in [0.3, 0.4) is 0 Å². The molecule has 3 atom stereocenters. The van der Waals surface area contributed by atoms with Gasteiger partial charge in [-0.3, -0.25) is 4.79 Å². The maximum atomic E-state index is 12.2. The second-order valence-electron chi connectivity index (χ2n) is 6.19. The van der Waals surface area contributed by atoms with Crippen molar-refractivity contribution in [3.63, 3.8) is 0 Å². The fraction of sp³-hybridized carbons (Fsp3) is 0.300. The molecule has 0 bridgehead atoms. The number of carbonyl (C=O) groups excluding carboxylic acids is 2. The SMILES string of the molecule is O=C([O-])[C@H]1O[C@@H]1C(=O)N[C@H](COCc1ccccc1)Cc1ccccc1.[Na+]. The van der Waals surface area contributed by atoms with Gasteiger partial charge in [-0.1, -0.05) is 60.7 Å². The molecule has 3 rings (SSSR count). The van der Waals surface area contributed by atoms with Gasteiger partial charge in [0.25, 0.3) is 5.91 Å². The largest absolute Gasteiger partial charge is 1.00 e. The summed E-state index contributed by atoms with van der Waals surface area (Å²) in [5.74, 6) is -1.83. The number of hydrogen-bond acceptors (Lipinski definition) is 5. The number of epoxide rings is 1. The zero-order valence-electron chi connectivity index (χ0n) is 15.2. The first-order valence-corrected chi connectivity index (χ1v) is 8.46. The van der Waals surface area contributed by atoms with Crippen molar-refractivity contribution in [1.82, 2.24) is 5.32 Å². The van der Waals surface area contributed by atoms with E-state index in [2.05, 4.69) is 5.32 Å². The average Bonchev–Trinajstić information content (AvgIpc) is 3.45. The van der Waals surface area contributed by atoms with Gasteiger partial charge in [0.2, 0.25) is 0 Å². The summed E-state index contributed by atoms with van der Waals surface area (Å²) in [7, 11) is 0. The minimum atomic E-state index is -1.37. The van der Waals surface area contributed by atoms with Gasteiger partial charge in [0.15, 0.2) is 6.10 Å². The van der Waals surface area contributed by atoms with E-state index in [1.165, 1.54) is 0 Å². The molecule has 1 heterocycles. The van der Waals surface area contributed by atoms with E-state index in [0.717, 1.165) is 11.1 Å². The van der Waals surface area contributed by atoms with E-state index in [1.54, 1.807) is 0 Å². The summed E-state index contributed by atoms with van der Waals surface area (Å²) in [5, 5.41) is 13.6. The Morgan fingerprint density at radius 1 is 1.00 bits per heavy atom. The van der Waals surface area contributed by atoms with Crippen LogP contribution in [0.25, 0.3) is 0 Å². The van der Waals surface area contributed by atoms with Crippen molar-refractivity contribution in [2.75, 3.05) is 6.61 Å². The first-order valence-electron chi connectivity index (χ1n) is 8.46. The van der Waals surface area contributed by atoms with E-state index < -0.39 is 24.1 Å². The van der Waals surface area contributed by atoms with Crippen LogP contribution in [0.1, 0.15) is 11.1 Å². The summed E-state index contributed by atoms with van der Waals surface area (Å²) >= 11 is 0. The standard InChI is InChI=1S/C20H21NO5.Na/c22-19(17-18(26-17)20(23)24)21-16(11-14-7-3-1-4-8-14)13-25-12-15-9-5-2-6-10-15;/h1-10,16-18H,11-13H2,(H,21,22)(H,23,24);/q;+1/p-1/t16-,17-,18-;/m0./s1. The molecule has 1 amide bonds. The van der Waals surface area contributed by atoms with E-state index in [-0.39, 0.29) is 35.6 Å². The van der Waals surface area contributed by atoms with Crippen molar-refractivity contribution < 1.29 is 53.7 Å². The van der Waals surface area contributed by atoms with Gasteiger partial charge in [0, 0.05) is 0 Å². The molecule has 2 aromatic carbocycles. The van der Waals surface area contributed by atoms with Gasteiger partial charge < -0.3 is 24.7 Å². The molecule has 1 fully saturated rings. The molecule has 2 aromatic rings. The predicted molar refractivity (Wildman–Crippen MR) is 91.8 cm³/mol. The molecule has 1 aliphatic rings. The van der Waals surface area contributed by atoms with E-state index in [1.807, 2.05) is 60.7 Å². The van der Waals surface area contributed by atoms with Crippen molar-refractivity contribution in [3.05, 3.63) is 71.8 Å². The van der Waals surface area contributed by atoms with Crippen LogP contribution in [0.4, 0.5) is 0 Å². The van der Waals surface area contributed by atoms with Gasteiger partial charge >= 0.3 is 29.6 Å². The van der Waals surface area contributed by atoms with Crippen LogP contribution in [0.5, 0.6) is 0 Å². The number of rotatable bonds is 9. The molecule has 0 saturated carbocycles. The zero-order valence-corrected chi connectivity index (χ0v) is 17.2. The maximum Gasteiger partial charge on any atom is 1.00 e. The van der Waals surface area contributed by atoms with Gasteiger partial charge in [-0.15, -0.1) is 0 Å². The van der Waals surface area contributed by atoms with Crippen molar-refractivity contribution in [1.29, 1.82) is 0 Å². The van der Waals surface area contributed by atoms with Crippen molar-refractivity contribution in [3.8, 4) is 0 Å². The molecule has 0 aromatic heterocycles. The number of benzene rings is 2. The van der Waals surface area contributed by atoms with Gasteiger partial charge in [-0.05, 0) is 17.5 Å². The molecule has 0 radical (unpaired) electrons. The monoisotopic (exact) mass is 377 g/mol. The predicted octanol–water partition coefficient (Wildman–Crippen LogP) is -2.55. The fourth-order valence-electron chi connectivity index (χ4n) is 2.72. The van der Waals surface area contributed by atoms with Crippen molar-refractivity contribution >= 4 is 11.9 Å². The van der Waals surface area contributed by atoms with Crippen LogP contribution in [-0.2, 0) is 32.1 Å².